The topological polar surface area (TPSA) is 52.6 Å². The van der Waals surface area contributed by atoms with Gasteiger partial charge in [-0.05, 0) is 73.1 Å². The molecule has 1 saturated carbocycles. The summed E-state index contributed by atoms with van der Waals surface area (Å²) in [5, 5.41) is 13.7. The first-order chi connectivity index (χ1) is 15.4. The Labute approximate surface area is 198 Å². The lowest BCUT2D eigenvalue weighted by atomic mass is 9.90. The molecule has 1 aliphatic rings. The Morgan fingerprint density at radius 1 is 1.12 bits per heavy atom. The molecule has 0 saturated heterocycles. The van der Waals surface area contributed by atoms with Crippen LogP contribution < -0.4 is 10.2 Å². The molecule has 1 aliphatic carbocycles. The molecule has 5 heteroatoms. The molecule has 1 unspecified atom stereocenters. The number of halogens is 1. The minimum atomic E-state index is -0.753. The van der Waals surface area contributed by atoms with Crippen molar-refractivity contribution in [1.82, 2.24) is 0 Å². The highest BCUT2D eigenvalue weighted by atomic mass is 35.5. The predicted octanol–water partition coefficient (Wildman–Crippen LogP) is 7.85. The molecule has 0 radical (unpaired) electrons. The Balaban J connectivity index is 2.02. The Hall–Kier alpha value is -2.20. The maximum atomic E-state index is 11.4. The van der Waals surface area contributed by atoms with Crippen molar-refractivity contribution in [3.05, 3.63) is 53.1 Å². The maximum absolute atomic E-state index is 11.4. The van der Waals surface area contributed by atoms with Crippen LogP contribution in [-0.4, -0.2) is 23.7 Å². The van der Waals surface area contributed by atoms with Crippen LogP contribution in [0, 0.1) is 5.92 Å². The normalized spacial score (nSPS) is 15.5. The summed E-state index contributed by atoms with van der Waals surface area (Å²) in [7, 11) is 0. The van der Waals surface area contributed by atoms with E-state index in [0.717, 1.165) is 29.9 Å². The van der Waals surface area contributed by atoms with Gasteiger partial charge in [0, 0.05) is 23.3 Å². The lowest BCUT2D eigenvalue weighted by Crippen LogP contribution is -2.39. The van der Waals surface area contributed by atoms with Crippen LogP contribution in [0.5, 0.6) is 0 Å². The molecule has 2 aromatic carbocycles. The minimum absolute atomic E-state index is 0.000507. The first-order valence-corrected chi connectivity index (χ1v) is 12.4. The van der Waals surface area contributed by atoms with E-state index in [1.165, 1.54) is 37.8 Å². The minimum Gasteiger partial charge on any atom is -0.481 e. The van der Waals surface area contributed by atoms with Crippen molar-refractivity contribution in [3.63, 3.8) is 0 Å². The molecule has 3 rings (SSSR count). The quantitative estimate of drug-likeness (QED) is 0.382. The van der Waals surface area contributed by atoms with E-state index in [4.69, 9.17) is 11.6 Å². The van der Waals surface area contributed by atoms with E-state index >= 15 is 0 Å². The zero-order chi connectivity index (χ0) is 23.1. The van der Waals surface area contributed by atoms with Gasteiger partial charge in [0.1, 0.15) is 0 Å². The van der Waals surface area contributed by atoms with Gasteiger partial charge in [-0.1, -0.05) is 57.7 Å². The second kappa shape index (κ2) is 11.6. The molecule has 0 bridgehead atoms. The van der Waals surface area contributed by atoms with E-state index in [9.17, 15) is 9.90 Å². The van der Waals surface area contributed by atoms with Crippen molar-refractivity contribution in [2.45, 2.75) is 77.7 Å². The van der Waals surface area contributed by atoms with Crippen molar-refractivity contribution in [3.8, 4) is 0 Å². The second-order valence-electron chi connectivity index (χ2n) is 9.45. The number of nitrogens with one attached hydrogen (secondary N) is 1. The summed E-state index contributed by atoms with van der Waals surface area (Å²) in [5.74, 6) is -0.201. The summed E-state index contributed by atoms with van der Waals surface area (Å²) in [4.78, 5) is 14.0. The molecular formula is C27H37ClN2O2. The molecule has 4 nitrogen and oxygen atoms in total. The summed E-state index contributed by atoms with van der Waals surface area (Å²) in [6.07, 6.45) is 7.30. The summed E-state index contributed by atoms with van der Waals surface area (Å²) >= 11 is 6.10. The molecule has 1 atom stereocenters. The van der Waals surface area contributed by atoms with E-state index < -0.39 is 5.97 Å². The van der Waals surface area contributed by atoms with Gasteiger partial charge >= 0.3 is 5.97 Å². The van der Waals surface area contributed by atoms with Crippen molar-refractivity contribution < 1.29 is 9.90 Å². The van der Waals surface area contributed by atoms with Crippen LogP contribution in [-0.2, 0) is 4.79 Å². The summed E-state index contributed by atoms with van der Waals surface area (Å²) < 4.78 is 0. The van der Waals surface area contributed by atoms with Crippen molar-refractivity contribution in [1.29, 1.82) is 0 Å². The highest BCUT2D eigenvalue weighted by molar-refractivity contribution is 6.30. The van der Waals surface area contributed by atoms with Gasteiger partial charge in [-0.15, -0.1) is 0 Å². The second-order valence-corrected chi connectivity index (χ2v) is 9.89. The van der Waals surface area contributed by atoms with Gasteiger partial charge in [-0.25, -0.2) is 0 Å². The molecule has 1 fully saturated rings. The van der Waals surface area contributed by atoms with Crippen LogP contribution in [0.1, 0.15) is 77.2 Å². The Morgan fingerprint density at radius 3 is 2.41 bits per heavy atom. The van der Waals surface area contributed by atoms with Gasteiger partial charge in [-0.2, -0.15) is 0 Å². The average molecular weight is 457 g/mol. The number of carboxylic acids is 1. The highest BCUT2D eigenvalue weighted by Crippen LogP contribution is 2.38. The SMILES string of the molecule is CCC(CC(=O)O)c1ccc(N(CC(C)C)C2CCCCC2)c(Nc2ccc(Cl)cc2)c1. The Morgan fingerprint density at radius 2 is 1.81 bits per heavy atom. The predicted molar refractivity (Wildman–Crippen MR) is 136 cm³/mol. The van der Waals surface area contributed by atoms with Gasteiger partial charge in [0.2, 0.25) is 0 Å². The van der Waals surface area contributed by atoms with Crippen LogP contribution in [0.4, 0.5) is 17.1 Å². The standard InChI is InChI=1S/C27H37ClN2O2/c1-4-20(17-27(31)32)21-10-15-26(25(16-21)29-23-13-11-22(28)12-14-23)30(18-19(2)3)24-8-6-5-7-9-24/h10-16,19-20,24,29H,4-9,17-18H2,1-3H3,(H,31,32). The fourth-order valence-electron chi connectivity index (χ4n) is 4.79. The number of benzene rings is 2. The van der Waals surface area contributed by atoms with E-state index in [1.54, 1.807) is 0 Å². The Kier molecular flexibility index (Phi) is 8.86. The molecule has 0 amide bonds. The lowest BCUT2D eigenvalue weighted by Gasteiger charge is -2.38. The molecule has 0 aromatic heterocycles. The molecule has 2 N–H and O–H groups in total. The molecule has 0 spiro atoms. The van der Waals surface area contributed by atoms with E-state index in [0.29, 0.717) is 17.0 Å². The zero-order valence-electron chi connectivity index (χ0n) is 19.6. The van der Waals surface area contributed by atoms with Gasteiger partial charge in [0.15, 0.2) is 0 Å². The molecular weight excluding hydrogens is 420 g/mol. The van der Waals surface area contributed by atoms with Gasteiger partial charge < -0.3 is 15.3 Å². The molecule has 174 valence electrons. The van der Waals surface area contributed by atoms with E-state index in [1.807, 2.05) is 24.3 Å². The van der Waals surface area contributed by atoms with Crippen LogP contribution in [0.25, 0.3) is 0 Å². The summed E-state index contributed by atoms with van der Waals surface area (Å²) in [6.45, 7) is 7.61. The number of anilines is 3. The number of carbonyl (C=O) groups is 1. The van der Waals surface area contributed by atoms with Crippen molar-refractivity contribution in [2.24, 2.45) is 5.92 Å². The first kappa shape index (κ1) is 24.4. The first-order valence-electron chi connectivity index (χ1n) is 12.0. The van der Waals surface area contributed by atoms with Crippen molar-refractivity contribution in [2.75, 3.05) is 16.8 Å². The maximum Gasteiger partial charge on any atom is 0.303 e. The van der Waals surface area contributed by atoms with Crippen LogP contribution >= 0.6 is 11.6 Å². The van der Waals surface area contributed by atoms with Gasteiger partial charge in [0.25, 0.3) is 0 Å². The third kappa shape index (κ3) is 6.65. The highest BCUT2D eigenvalue weighted by Gasteiger charge is 2.25. The smallest absolute Gasteiger partial charge is 0.303 e. The van der Waals surface area contributed by atoms with E-state index in [-0.39, 0.29) is 12.3 Å². The van der Waals surface area contributed by atoms with Crippen LogP contribution in [0.2, 0.25) is 5.02 Å². The molecule has 32 heavy (non-hydrogen) atoms. The monoisotopic (exact) mass is 456 g/mol. The average Bonchev–Trinajstić information content (AvgIpc) is 2.78. The molecule has 0 heterocycles. The molecule has 2 aromatic rings. The van der Waals surface area contributed by atoms with Gasteiger partial charge in [0.05, 0.1) is 17.8 Å². The Bertz CT molecular complexity index is 876. The molecule has 0 aliphatic heterocycles. The number of hydrogen-bond acceptors (Lipinski definition) is 3. The van der Waals surface area contributed by atoms with Crippen LogP contribution in [0.3, 0.4) is 0 Å². The number of aliphatic carboxylic acids is 1. The van der Waals surface area contributed by atoms with Crippen molar-refractivity contribution >= 4 is 34.6 Å². The zero-order valence-corrected chi connectivity index (χ0v) is 20.4. The number of rotatable bonds is 10. The van der Waals surface area contributed by atoms with Gasteiger partial charge in [-0.3, -0.25) is 4.79 Å². The number of nitrogens with zero attached hydrogens (tertiary/aromatic N) is 1. The number of hydrogen-bond donors (Lipinski definition) is 2. The lowest BCUT2D eigenvalue weighted by molar-refractivity contribution is -0.137. The largest absolute Gasteiger partial charge is 0.481 e. The number of carboxylic acid groups (broad SMARTS) is 1. The summed E-state index contributed by atoms with van der Waals surface area (Å²) in [6, 6.07) is 14.8. The third-order valence-electron chi connectivity index (χ3n) is 6.42. The fourth-order valence-corrected chi connectivity index (χ4v) is 4.91. The fraction of sp³-hybridized carbons (Fsp3) is 0.519. The van der Waals surface area contributed by atoms with Crippen LogP contribution in [0.15, 0.2) is 42.5 Å². The van der Waals surface area contributed by atoms with E-state index in [2.05, 4.69) is 49.2 Å². The summed E-state index contributed by atoms with van der Waals surface area (Å²) in [5.41, 5.74) is 4.30. The third-order valence-corrected chi connectivity index (χ3v) is 6.67.